The van der Waals surface area contributed by atoms with E-state index < -0.39 is 11.6 Å². The summed E-state index contributed by atoms with van der Waals surface area (Å²) < 4.78 is 38.2. The number of nitrogens with two attached hydrogens (primary N) is 1. The Labute approximate surface area is 105 Å². The summed E-state index contributed by atoms with van der Waals surface area (Å²) in [5, 5.41) is 0. The summed E-state index contributed by atoms with van der Waals surface area (Å²) in [6, 6.07) is 0. The van der Waals surface area contributed by atoms with E-state index in [1.165, 1.54) is 0 Å². The third-order valence-corrected chi connectivity index (χ3v) is 3.93. The summed E-state index contributed by atoms with van der Waals surface area (Å²) in [4.78, 5) is 5.91. The van der Waals surface area contributed by atoms with Gasteiger partial charge in [0.25, 0.3) is 0 Å². The zero-order valence-electron chi connectivity index (χ0n) is 10.5. The van der Waals surface area contributed by atoms with Gasteiger partial charge in [0.2, 0.25) is 0 Å². The molecule has 0 aromatic carbocycles. The first-order valence-corrected chi connectivity index (χ1v) is 6.56. The molecule has 2 N–H and O–H groups in total. The Morgan fingerprint density at radius 2 is 1.67 bits per heavy atom. The van der Waals surface area contributed by atoms with Gasteiger partial charge in [-0.1, -0.05) is 12.8 Å². The molecular weight excluding hydrogens is 243 g/mol. The maximum Gasteiger partial charge on any atom is 0.396 e. The van der Waals surface area contributed by atoms with E-state index >= 15 is 0 Å². The van der Waals surface area contributed by atoms with Gasteiger partial charge in [-0.3, -0.25) is 4.99 Å². The molecule has 0 atom stereocenters. The number of aliphatic imine (C=N–C) groups is 1. The van der Waals surface area contributed by atoms with Gasteiger partial charge in [0.15, 0.2) is 5.96 Å². The molecule has 1 aliphatic carbocycles. The number of rotatable bonds is 2. The number of alkyl halides is 3. The van der Waals surface area contributed by atoms with Gasteiger partial charge in [-0.15, -0.1) is 0 Å². The molecule has 0 aromatic rings. The quantitative estimate of drug-likeness (QED) is 0.614. The highest BCUT2D eigenvalue weighted by atomic mass is 19.4. The minimum Gasteiger partial charge on any atom is -0.370 e. The zero-order valence-corrected chi connectivity index (χ0v) is 10.5. The highest BCUT2D eigenvalue weighted by Crippen LogP contribution is 2.57. The van der Waals surface area contributed by atoms with Crippen molar-refractivity contribution in [2.45, 2.75) is 44.7 Å². The number of halogens is 3. The number of hydrogen-bond acceptors (Lipinski definition) is 1. The van der Waals surface area contributed by atoms with Crippen molar-refractivity contribution in [3.8, 4) is 0 Å². The fourth-order valence-corrected chi connectivity index (χ4v) is 2.31. The van der Waals surface area contributed by atoms with Crippen molar-refractivity contribution < 1.29 is 13.2 Å². The van der Waals surface area contributed by atoms with Gasteiger partial charge in [-0.05, 0) is 25.7 Å². The third kappa shape index (κ3) is 2.90. The molecular formula is C12H20F3N3. The molecule has 2 aliphatic rings. The maximum absolute atomic E-state index is 12.7. The first-order chi connectivity index (χ1) is 8.45. The fraction of sp³-hybridized carbons (Fsp3) is 0.917. The molecule has 0 unspecified atom stereocenters. The van der Waals surface area contributed by atoms with E-state index in [0.717, 1.165) is 38.8 Å². The molecule has 0 bridgehead atoms. The maximum atomic E-state index is 12.7. The Bertz CT molecular complexity index is 313. The molecule has 0 aromatic heterocycles. The Morgan fingerprint density at radius 1 is 1.11 bits per heavy atom. The van der Waals surface area contributed by atoms with E-state index in [1.807, 2.05) is 4.90 Å². The predicted molar refractivity (Wildman–Crippen MR) is 64.3 cm³/mol. The first kappa shape index (κ1) is 13.5. The van der Waals surface area contributed by atoms with Crippen molar-refractivity contribution in [3.05, 3.63) is 0 Å². The van der Waals surface area contributed by atoms with E-state index in [4.69, 9.17) is 5.73 Å². The molecule has 1 aliphatic heterocycles. The van der Waals surface area contributed by atoms with Gasteiger partial charge >= 0.3 is 6.18 Å². The molecule has 1 saturated carbocycles. The molecule has 1 heterocycles. The number of likely N-dealkylation sites (tertiary alicyclic amines) is 1. The van der Waals surface area contributed by atoms with E-state index in [-0.39, 0.29) is 25.3 Å². The average molecular weight is 263 g/mol. The second-order valence-electron chi connectivity index (χ2n) is 5.35. The molecule has 6 heteroatoms. The summed E-state index contributed by atoms with van der Waals surface area (Å²) in [6.45, 7) is 1.42. The van der Waals surface area contributed by atoms with Crippen LogP contribution in [0.1, 0.15) is 38.5 Å². The van der Waals surface area contributed by atoms with Crippen molar-refractivity contribution in [1.29, 1.82) is 0 Å². The van der Waals surface area contributed by atoms with Crippen LogP contribution in [0.4, 0.5) is 13.2 Å². The third-order valence-electron chi connectivity index (χ3n) is 3.93. The van der Waals surface area contributed by atoms with Crippen LogP contribution in [0, 0.1) is 5.41 Å². The molecule has 18 heavy (non-hydrogen) atoms. The van der Waals surface area contributed by atoms with Crippen LogP contribution in [0.2, 0.25) is 0 Å². The summed E-state index contributed by atoms with van der Waals surface area (Å²) in [6.07, 6.45) is 0.643. The summed E-state index contributed by atoms with van der Waals surface area (Å²) in [7, 11) is 0. The van der Waals surface area contributed by atoms with Gasteiger partial charge in [0, 0.05) is 13.1 Å². The molecule has 0 amide bonds. The van der Waals surface area contributed by atoms with Crippen molar-refractivity contribution in [2.24, 2.45) is 16.1 Å². The second-order valence-corrected chi connectivity index (χ2v) is 5.35. The summed E-state index contributed by atoms with van der Waals surface area (Å²) in [5.74, 6) is 0.285. The number of hydrogen-bond donors (Lipinski definition) is 1. The highest BCUT2D eigenvalue weighted by molar-refractivity contribution is 5.78. The Balaban J connectivity index is 1.92. The molecule has 1 saturated heterocycles. The van der Waals surface area contributed by atoms with Crippen LogP contribution < -0.4 is 5.73 Å². The highest BCUT2D eigenvalue weighted by Gasteiger charge is 2.63. The van der Waals surface area contributed by atoms with Crippen LogP contribution in [0.3, 0.4) is 0 Å². The topological polar surface area (TPSA) is 41.6 Å². The van der Waals surface area contributed by atoms with Crippen LogP contribution in [0.15, 0.2) is 4.99 Å². The van der Waals surface area contributed by atoms with E-state index in [0.29, 0.717) is 0 Å². The molecule has 0 spiro atoms. The normalized spacial score (nSPS) is 24.8. The Morgan fingerprint density at radius 3 is 2.11 bits per heavy atom. The monoisotopic (exact) mass is 263 g/mol. The van der Waals surface area contributed by atoms with E-state index in [2.05, 4.69) is 4.99 Å². The van der Waals surface area contributed by atoms with Crippen molar-refractivity contribution in [1.82, 2.24) is 4.90 Å². The summed E-state index contributed by atoms with van der Waals surface area (Å²) >= 11 is 0. The van der Waals surface area contributed by atoms with Gasteiger partial charge in [0.05, 0.1) is 12.0 Å². The second kappa shape index (κ2) is 4.97. The molecule has 2 rings (SSSR count). The molecule has 104 valence electrons. The standard InChI is InChI=1S/C12H20F3N3/c13-12(14,15)11(5-6-11)9-17-10(16)18-7-3-1-2-4-8-18/h1-9H2,(H2,16,17). The van der Waals surface area contributed by atoms with Crippen LogP contribution in [-0.2, 0) is 0 Å². The SMILES string of the molecule is NC(=NCC1(C(F)(F)F)CC1)N1CCCCCC1. The lowest BCUT2D eigenvalue weighted by Gasteiger charge is -2.22. The van der Waals surface area contributed by atoms with Crippen molar-refractivity contribution in [2.75, 3.05) is 19.6 Å². The van der Waals surface area contributed by atoms with Crippen LogP contribution in [0.5, 0.6) is 0 Å². The lowest BCUT2D eigenvalue weighted by atomic mass is 10.1. The largest absolute Gasteiger partial charge is 0.396 e. The fourth-order valence-electron chi connectivity index (χ4n) is 2.31. The minimum absolute atomic E-state index is 0.188. The van der Waals surface area contributed by atoms with Crippen LogP contribution in [-0.4, -0.2) is 36.7 Å². The van der Waals surface area contributed by atoms with Crippen molar-refractivity contribution >= 4 is 5.96 Å². The average Bonchev–Trinajstić information content (AvgIpc) is 3.10. The van der Waals surface area contributed by atoms with Gasteiger partial charge < -0.3 is 10.6 Å². The van der Waals surface area contributed by atoms with Crippen LogP contribution in [0.25, 0.3) is 0 Å². The lowest BCUT2D eigenvalue weighted by Crippen LogP contribution is -2.39. The first-order valence-electron chi connectivity index (χ1n) is 6.56. The van der Waals surface area contributed by atoms with Crippen molar-refractivity contribution in [3.63, 3.8) is 0 Å². The minimum atomic E-state index is -4.14. The lowest BCUT2D eigenvalue weighted by molar-refractivity contribution is -0.183. The Kier molecular flexibility index (Phi) is 3.73. The van der Waals surface area contributed by atoms with E-state index in [9.17, 15) is 13.2 Å². The van der Waals surface area contributed by atoms with Gasteiger partial charge in [0.1, 0.15) is 0 Å². The van der Waals surface area contributed by atoms with E-state index in [1.54, 1.807) is 0 Å². The summed E-state index contributed by atoms with van der Waals surface area (Å²) in [5.41, 5.74) is 4.22. The molecule has 3 nitrogen and oxygen atoms in total. The van der Waals surface area contributed by atoms with Gasteiger partial charge in [-0.2, -0.15) is 13.2 Å². The van der Waals surface area contributed by atoms with Crippen LogP contribution >= 0.6 is 0 Å². The smallest absolute Gasteiger partial charge is 0.370 e. The predicted octanol–water partition coefficient (Wildman–Crippen LogP) is 2.52. The zero-order chi connectivity index (χ0) is 13.2. The number of guanidine groups is 1. The van der Waals surface area contributed by atoms with Gasteiger partial charge in [-0.25, -0.2) is 0 Å². The molecule has 2 fully saturated rings. The molecule has 0 radical (unpaired) electrons. The number of nitrogens with zero attached hydrogens (tertiary/aromatic N) is 2. The Hall–Kier alpha value is -0.940.